The summed E-state index contributed by atoms with van der Waals surface area (Å²) in [5, 5.41) is 9.69. The largest absolute Gasteiger partial charge is 0.494 e. The number of sulfonamides is 1. The molecule has 3 aromatic rings. The smallest absolute Gasteiger partial charge is 0.338 e. The number of anilines is 2. The van der Waals surface area contributed by atoms with E-state index < -0.39 is 27.4 Å². The molecule has 1 aliphatic carbocycles. The summed E-state index contributed by atoms with van der Waals surface area (Å²) in [5.41, 5.74) is 1.32. The quantitative estimate of drug-likeness (QED) is 0.261. The van der Waals surface area contributed by atoms with Gasteiger partial charge in [0, 0.05) is 37.0 Å². The highest BCUT2D eigenvalue weighted by molar-refractivity contribution is 7.89. The second-order valence-electron chi connectivity index (χ2n) is 11.1. The van der Waals surface area contributed by atoms with E-state index in [1.165, 1.54) is 22.5 Å². The number of aromatic carboxylic acids is 1. The Hall–Kier alpha value is -3.14. The number of benzene rings is 3. The minimum absolute atomic E-state index is 0.0567. The van der Waals surface area contributed by atoms with Crippen molar-refractivity contribution >= 4 is 39.0 Å². The fourth-order valence-corrected chi connectivity index (χ4v) is 7.93. The van der Waals surface area contributed by atoms with Crippen molar-refractivity contribution in [2.75, 3.05) is 25.1 Å². The monoisotopic (exact) mass is 614 g/mol. The average Bonchev–Trinajstić information content (AvgIpc) is 3.06. The van der Waals surface area contributed by atoms with Crippen molar-refractivity contribution in [3.63, 3.8) is 0 Å². The summed E-state index contributed by atoms with van der Waals surface area (Å²) in [6, 6.07) is 14.1. The van der Waals surface area contributed by atoms with Gasteiger partial charge in [-0.3, -0.25) is 0 Å². The molecule has 1 heterocycles. The Kier molecular flexibility index (Phi) is 9.11. The normalized spacial score (nSPS) is 19.2. The van der Waals surface area contributed by atoms with Crippen molar-refractivity contribution in [1.29, 1.82) is 0 Å². The van der Waals surface area contributed by atoms with Crippen LogP contribution in [0.3, 0.4) is 0 Å². The van der Waals surface area contributed by atoms with Crippen molar-refractivity contribution in [3.8, 4) is 16.9 Å². The van der Waals surface area contributed by atoms with Gasteiger partial charge < -0.3 is 14.7 Å². The van der Waals surface area contributed by atoms with Crippen LogP contribution in [-0.2, 0) is 10.0 Å². The van der Waals surface area contributed by atoms with Crippen molar-refractivity contribution in [1.82, 2.24) is 4.31 Å². The number of hydrogen-bond donors (Lipinski definition) is 1. The van der Waals surface area contributed by atoms with E-state index in [1.54, 1.807) is 13.1 Å². The lowest BCUT2D eigenvalue weighted by molar-refractivity contribution is 0.0692. The number of nitrogens with zero attached hydrogens (tertiary/aromatic N) is 2. The van der Waals surface area contributed by atoms with E-state index in [1.807, 2.05) is 29.2 Å². The zero-order valence-electron chi connectivity index (χ0n) is 23.9. The van der Waals surface area contributed by atoms with E-state index in [2.05, 4.69) is 6.92 Å². The third-order valence-electron chi connectivity index (χ3n) is 8.43. The standard InChI is InChI=1S/C32H36ClFN2O5S/c1-3-4-15-41-24-12-8-11-23(17-24)36-20-30(21-9-6-5-7-10-21)35(2)42(39,40)31-18-25(27(33)19-29(31)36)22-13-14-28(34)26(16-22)32(37)38/h8,11-14,16-19,21,30H,3-7,9-10,15,20H2,1-2H3,(H,37,38)/t30-/m0/s1. The molecule has 42 heavy (non-hydrogen) atoms. The second kappa shape index (κ2) is 12.6. The number of carbonyl (C=O) groups is 1. The van der Waals surface area contributed by atoms with Gasteiger partial charge in [-0.05, 0) is 67.1 Å². The molecule has 0 amide bonds. The summed E-state index contributed by atoms with van der Waals surface area (Å²) in [4.78, 5) is 13.7. The molecule has 1 saturated carbocycles. The first-order chi connectivity index (χ1) is 20.1. The molecular weight excluding hydrogens is 579 g/mol. The van der Waals surface area contributed by atoms with Gasteiger partial charge >= 0.3 is 5.97 Å². The molecule has 0 saturated heterocycles. The highest BCUT2D eigenvalue weighted by Crippen LogP contribution is 2.45. The number of hydrogen-bond acceptors (Lipinski definition) is 5. The minimum atomic E-state index is -3.99. The first kappa shape index (κ1) is 30.3. The summed E-state index contributed by atoms with van der Waals surface area (Å²) < 4.78 is 50.3. The van der Waals surface area contributed by atoms with Crippen LogP contribution in [0, 0.1) is 11.7 Å². The Labute approximate surface area is 251 Å². The highest BCUT2D eigenvalue weighted by atomic mass is 35.5. The lowest BCUT2D eigenvalue weighted by atomic mass is 9.83. The number of carboxylic acids is 1. The first-order valence-corrected chi connectivity index (χ1v) is 16.3. The SMILES string of the molecule is CCCCOc1cccc(N2C[C@@H](C3CCCCC3)N(C)S(=O)(=O)c3cc(-c4ccc(F)c(C(=O)O)c4)c(Cl)cc32)c1. The van der Waals surface area contributed by atoms with Gasteiger partial charge in [-0.2, -0.15) is 4.31 Å². The number of halogens is 2. The molecule has 1 N–H and O–H groups in total. The number of fused-ring (bicyclic) bond motifs is 1. The zero-order chi connectivity index (χ0) is 30.0. The predicted octanol–water partition coefficient (Wildman–Crippen LogP) is 7.74. The summed E-state index contributed by atoms with van der Waals surface area (Å²) in [6.45, 7) is 3.12. The van der Waals surface area contributed by atoms with Gasteiger partial charge in [-0.25, -0.2) is 17.6 Å². The number of unbranched alkanes of at least 4 members (excludes halogenated alkanes) is 1. The van der Waals surface area contributed by atoms with Crippen LogP contribution in [0.4, 0.5) is 15.8 Å². The topological polar surface area (TPSA) is 87.2 Å². The van der Waals surface area contributed by atoms with Crippen molar-refractivity contribution in [3.05, 3.63) is 71.0 Å². The molecule has 0 aromatic heterocycles. The van der Waals surface area contributed by atoms with Gasteiger partial charge in [0.25, 0.3) is 0 Å². The fraction of sp³-hybridized carbons (Fsp3) is 0.406. The Morgan fingerprint density at radius 3 is 2.57 bits per heavy atom. The molecule has 1 fully saturated rings. The predicted molar refractivity (Wildman–Crippen MR) is 163 cm³/mol. The average molecular weight is 615 g/mol. The molecule has 0 bridgehead atoms. The molecule has 1 aliphatic heterocycles. The Morgan fingerprint density at radius 2 is 1.86 bits per heavy atom. The molecule has 0 radical (unpaired) electrons. The van der Waals surface area contributed by atoms with Crippen molar-refractivity contribution in [2.24, 2.45) is 5.92 Å². The maximum absolute atomic E-state index is 14.3. The maximum atomic E-state index is 14.3. The summed E-state index contributed by atoms with van der Waals surface area (Å²) >= 11 is 6.80. The Bertz CT molecular complexity index is 1580. The molecule has 0 spiro atoms. The molecule has 0 unspecified atom stereocenters. The van der Waals surface area contributed by atoms with Crippen LogP contribution in [0.25, 0.3) is 11.1 Å². The third-order valence-corrected chi connectivity index (χ3v) is 10.7. The molecule has 3 aromatic carbocycles. The second-order valence-corrected chi connectivity index (χ2v) is 13.5. The first-order valence-electron chi connectivity index (χ1n) is 14.5. The number of likely N-dealkylation sites (N-methyl/N-ethyl adjacent to an activating group) is 1. The van der Waals surface area contributed by atoms with Gasteiger partial charge in [0.2, 0.25) is 10.0 Å². The van der Waals surface area contributed by atoms with E-state index in [0.29, 0.717) is 35.7 Å². The fourth-order valence-electron chi connectivity index (χ4n) is 6.06. The van der Waals surface area contributed by atoms with Crippen molar-refractivity contribution < 1.29 is 27.4 Å². The zero-order valence-corrected chi connectivity index (χ0v) is 25.4. The molecule has 1 atom stereocenters. The number of rotatable bonds is 8. The van der Waals surface area contributed by atoms with Crippen LogP contribution in [0.2, 0.25) is 5.02 Å². The summed E-state index contributed by atoms with van der Waals surface area (Å²) in [7, 11) is -2.36. The van der Waals surface area contributed by atoms with Gasteiger partial charge in [0.1, 0.15) is 16.5 Å². The van der Waals surface area contributed by atoms with Crippen LogP contribution in [-0.4, -0.2) is 50.0 Å². The van der Waals surface area contributed by atoms with E-state index in [0.717, 1.165) is 56.7 Å². The third kappa shape index (κ3) is 6.00. The lowest BCUT2D eigenvalue weighted by Crippen LogP contribution is -2.46. The lowest BCUT2D eigenvalue weighted by Gasteiger charge is -2.37. The highest BCUT2D eigenvalue weighted by Gasteiger charge is 2.41. The molecule has 10 heteroatoms. The van der Waals surface area contributed by atoms with Gasteiger partial charge in [-0.1, -0.05) is 56.3 Å². The molecule has 2 aliphatic rings. The summed E-state index contributed by atoms with van der Waals surface area (Å²) in [5.74, 6) is -1.40. The molecule has 224 valence electrons. The molecule has 5 rings (SSSR count). The molecular formula is C32H36ClFN2O5S. The van der Waals surface area contributed by atoms with Gasteiger partial charge in [-0.15, -0.1) is 0 Å². The molecule has 7 nitrogen and oxygen atoms in total. The minimum Gasteiger partial charge on any atom is -0.494 e. The van der Waals surface area contributed by atoms with E-state index >= 15 is 0 Å². The maximum Gasteiger partial charge on any atom is 0.338 e. The van der Waals surface area contributed by atoms with Crippen LogP contribution in [0.5, 0.6) is 5.75 Å². The Balaban J connectivity index is 1.68. The van der Waals surface area contributed by atoms with Gasteiger partial charge in [0.15, 0.2) is 0 Å². The van der Waals surface area contributed by atoms with Crippen LogP contribution in [0.15, 0.2) is 59.5 Å². The van der Waals surface area contributed by atoms with E-state index in [4.69, 9.17) is 16.3 Å². The van der Waals surface area contributed by atoms with Gasteiger partial charge in [0.05, 0.1) is 22.9 Å². The van der Waals surface area contributed by atoms with Crippen molar-refractivity contribution in [2.45, 2.75) is 62.8 Å². The van der Waals surface area contributed by atoms with Crippen LogP contribution >= 0.6 is 11.6 Å². The van der Waals surface area contributed by atoms with Crippen LogP contribution < -0.4 is 9.64 Å². The Morgan fingerprint density at radius 1 is 1.10 bits per heavy atom. The number of carboxylic acid groups (broad SMARTS) is 1. The van der Waals surface area contributed by atoms with E-state index in [-0.39, 0.29) is 21.9 Å². The summed E-state index contributed by atoms with van der Waals surface area (Å²) in [6.07, 6.45) is 7.12. The van der Waals surface area contributed by atoms with Crippen LogP contribution in [0.1, 0.15) is 62.2 Å². The number of ether oxygens (including phenoxy) is 1. The van der Waals surface area contributed by atoms with E-state index in [9.17, 15) is 22.7 Å².